The van der Waals surface area contributed by atoms with E-state index in [9.17, 15) is 0 Å². The summed E-state index contributed by atoms with van der Waals surface area (Å²) in [7, 11) is -1.86. The molecule has 2 N–H and O–H groups in total. The maximum absolute atomic E-state index is 8.97. The van der Waals surface area contributed by atoms with Crippen LogP contribution in [0.15, 0.2) is 18.3 Å². The Kier molecular flexibility index (Phi) is 1.30. The summed E-state index contributed by atoms with van der Waals surface area (Å²) in [5.41, 5.74) is -0.0755. The third-order valence-electron chi connectivity index (χ3n) is 1.26. The highest BCUT2D eigenvalue weighted by Crippen LogP contribution is 2.04. The average molecular weight is 188 g/mol. The first kappa shape index (κ1) is 3.98. The minimum Gasteiger partial charge on any atom is -0.475 e. The highest BCUT2D eigenvalue weighted by molar-refractivity contribution is 6.58. The highest BCUT2D eigenvalue weighted by Gasteiger charge is 2.11. The molecule has 0 aliphatic carbocycles. The van der Waals surface area contributed by atoms with Crippen LogP contribution in [0.25, 0.3) is 0 Å². The van der Waals surface area contributed by atoms with Gasteiger partial charge in [-0.15, -0.1) is 0 Å². The summed E-state index contributed by atoms with van der Waals surface area (Å²) in [6, 6.07) is 2.17. The van der Waals surface area contributed by atoms with Crippen LogP contribution in [0.3, 0.4) is 0 Å². The van der Waals surface area contributed by atoms with E-state index < -0.39 is 32.8 Å². The monoisotopic (exact) mass is 188 g/mol. The predicted octanol–water partition coefficient (Wildman–Crippen LogP) is -0.451. The highest BCUT2D eigenvalue weighted by atomic mass is 16.5. The van der Waals surface area contributed by atoms with Crippen molar-refractivity contribution in [2.45, 2.75) is 19.8 Å². The maximum atomic E-state index is 8.97. The zero-order valence-electron chi connectivity index (χ0n) is 13.6. The Morgan fingerprint density at radius 3 is 3.08 bits per heavy atom. The Morgan fingerprint density at radius 2 is 2.46 bits per heavy atom. The lowest BCUT2D eigenvalue weighted by atomic mass is 9.81. The van der Waals surface area contributed by atoms with E-state index >= 15 is 0 Å². The fourth-order valence-corrected chi connectivity index (χ4v) is 0.746. The van der Waals surface area contributed by atoms with Gasteiger partial charge in [-0.3, -0.25) is 0 Å². The summed E-state index contributed by atoms with van der Waals surface area (Å²) in [6.45, 7) is -6.51. The van der Waals surface area contributed by atoms with Crippen LogP contribution in [0.1, 0.15) is 23.3 Å². The van der Waals surface area contributed by atoms with Crippen LogP contribution in [0, 0.1) is 0 Å². The Balaban J connectivity index is 3.19. The van der Waals surface area contributed by atoms with Crippen molar-refractivity contribution >= 4 is 12.6 Å². The van der Waals surface area contributed by atoms with E-state index in [1.54, 1.807) is 0 Å². The topological polar surface area (TPSA) is 62.6 Å². The lowest BCUT2D eigenvalue weighted by Gasteiger charge is -2.08. The largest absolute Gasteiger partial charge is 0.488 e. The van der Waals surface area contributed by atoms with Gasteiger partial charge in [0.05, 0.1) is 7.45 Å². The second kappa shape index (κ2) is 4.25. The van der Waals surface area contributed by atoms with Crippen molar-refractivity contribution in [2.24, 2.45) is 0 Å². The molecule has 0 spiro atoms. The van der Waals surface area contributed by atoms with Crippen molar-refractivity contribution in [3.63, 3.8) is 0 Å². The van der Waals surface area contributed by atoms with Crippen molar-refractivity contribution in [1.82, 2.24) is 4.98 Å². The minimum absolute atomic E-state index is 0.0755. The van der Waals surface area contributed by atoms with Gasteiger partial charge in [0.25, 0.3) is 0 Å². The predicted molar refractivity (Wildman–Crippen MR) is 49.8 cm³/mol. The molecule has 0 amide bonds. The van der Waals surface area contributed by atoms with Gasteiger partial charge in [-0.2, -0.15) is 0 Å². The third kappa shape index (κ3) is 3.04. The number of hydrogen-bond acceptors (Lipinski definition) is 4. The van der Waals surface area contributed by atoms with Gasteiger partial charge in [-0.05, 0) is 25.2 Å². The normalized spacial score (nSPS) is 20.9. The number of hydrogen-bond donors (Lipinski definition) is 2. The van der Waals surface area contributed by atoms with Gasteiger partial charge in [0.15, 0.2) is 0 Å². The first-order valence-electron chi connectivity index (χ1n) is 6.89. The van der Waals surface area contributed by atoms with E-state index in [-0.39, 0.29) is 5.46 Å². The van der Waals surface area contributed by atoms with Crippen LogP contribution in [-0.2, 0) is 0 Å². The molecule has 0 fully saturated rings. The summed E-state index contributed by atoms with van der Waals surface area (Å²) in [5, 5.41) is 17.9. The maximum Gasteiger partial charge on any atom is 0.488 e. The molecule has 0 saturated heterocycles. The molecule has 0 unspecified atom stereocenters. The number of pyridine rings is 1. The van der Waals surface area contributed by atoms with E-state index in [0.717, 1.165) is 12.3 Å². The van der Waals surface area contributed by atoms with Gasteiger partial charge >= 0.3 is 7.12 Å². The molecule has 1 heterocycles. The number of nitrogens with zero attached hydrogens (tertiary/aromatic N) is 1. The molecule has 70 valence electrons. The van der Waals surface area contributed by atoms with E-state index in [1.807, 2.05) is 0 Å². The molecular weight excluding hydrogens is 169 g/mol. The van der Waals surface area contributed by atoms with Crippen LogP contribution in [-0.4, -0.2) is 28.2 Å². The van der Waals surface area contributed by atoms with Gasteiger partial charge in [0.1, 0.15) is 0 Å². The molecule has 13 heavy (non-hydrogen) atoms. The molecule has 5 heteroatoms. The van der Waals surface area contributed by atoms with E-state index in [0.29, 0.717) is 0 Å². The second-order valence-electron chi connectivity index (χ2n) is 2.23. The number of aromatic nitrogens is 1. The first-order chi connectivity index (χ1) is 8.88. The molecule has 0 radical (unpaired) electrons. The fraction of sp³-hybridized carbons (Fsp3) is 0.375. The molecule has 0 atom stereocenters. The molecule has 0 aliphatic heterocycles. The molecule has 0 saturated carbocycles. The Hall–Kier alpha value is -1.07. The second-order valence-corrected chi connectivity index (χ2v) is 2.23. The Bertz CT molecular complexity index is 462. The summed E-state index contributed by atoms with van der Waals surface area (Å²) >= 11 is 0. The fourth-order valence-electron chi connectivity index (χ4n) is 0.746. The van der Waals surface area contributed by atoms with Crippen LogP contribution >= 0.6 is 0 Å². The van der Waals surface area contributed by atoms with Gasteiger partial charge < -0.3 is 14.8 Å². The Morgan fingerprint density at radius 1 is 1.69 bits per heavy atom. The Labute approximate surface area is 87.2 Å². The van der Waals surface area contributed by atoms with Crippen molar-refractivity contribution in [2.75, 3.05) is 0 Å². The molecule has 0 bridgehead atoms. The molecule has 0 aromatic carbocycles. The van der Waals surface area contributed by atoms with Gasteiger partial charge in [0, 0.05) is 20.5 Å². The van der Waals surface area contributed by atoms with E-state index in [2.05, 4.69) is 4.98 Å². The van der Waals surface area contributed by atoms with Gasteiger partial charge in [-0.25, -0.2) is 4.98 Å². The van der Waals surface area contributed by atoms with Gasteiger partial charge in [-0.1, -0.05) is 0 Å². The van der Waals surface area contributed by atoms with Crippen LogP contribution in [0.2, 0.25) is 0 Å². The van der Waals surface area contributed by atoms with Crippen molar-refractivity contribution in [3.8, 4) is 5.88 Å². The molecular formula is C8H12BNO3. The summed E-state index contributed by atoms with van der Waals surface area (Å²) in [6.07, 6.45) is -2.14. The minimum atomic E-state index is -3.26. The quantitative estimate of drug-likeness (QED) is 0.630. The average Bonchev–Trinajstić information content (AvgIpc) is 2.26. The van der Waals surface area contributed by atoms with Crippen LogP contribution < -0.4 is 10.2 Å². The number of rotatable bonds is 3. The summed E-state index contributed by atoms with van der Waals surface area (Å²) < 4.78 is 55.3. The van der Waals surface area contributed by atoms with E-state index in [1.165, 1.54) is 6.07 Å². The van der Waals surface area contributed by atoms with Gasteiger partial charge in [0.2, 0.25) is 5.88 Å². The zero-order valence-corrected chi connectivity index (χ0v) is 6.56. The van der Waals surface area contributed by atoms with Crippen LogP contribution in [0.4, 0.5) is 0 Å². The van der Waals surface area contributed by atoms with Crippen molar-refractivity contribution in [3.05, 3.63) is 18.3 Å². The molecule has 1 aromatic rings. The zero-order chi connectivity index (χ0) is 15.8. The van der Waals surface area contributed by atoms with E-state index in [4.69, 9.17) is 24.4 Å². The smallest absolute Gasteiger partial charge is 0.475 e. The molecule has 1 rings (SSSR count). The van der Waals surface area contributed by atoms with Crippen LogP contribution in [0.5, 0.6) is 5.88 Å². The summed E-state index contributed by atoms with van der Waals surface area (Å²) in [4.78, 5) is 3.57. The number of ether oxygens (including phenoxy) is 1. The third-order valence-corrected chi connectivity index (χ3v) is 1.26. The molecule has 4 nitrogen and oxygen atoms in total. The lowest BCUT2D eigenvalue weighted by Crippen LogP contribution is -2.30. The van der Waals surface area contributed by atoms with Crippen molar-refractivity contribution in [1.29, 1.82) is 0 Å². The molecule has 0 aliphatic rings. The standard InChI is InChI=1S/C8H12BNO3/c1-6(2)13-8-5-7(9(11)12)3-4-10-8/h3-6,11-12H,1-2H3/i1D3,2D3,6D. The van der Waals surface area contributed by atoms with Crippen molar-refractivity contribution < 1.29 is 24.4 Å². The lowest BCUT2D eigenvalue weighted by molar-refractivity contribution is 0.233. The molecule has 1 aromatic heterocycles. The SMILES string of the molecule is [2H]C([2H])([2H])C([2H])(Oc1cc(B(O)O)ccn1)C([2H])([2H])[2H]. The summed E-state index contributed by atoms with van der Waals surface area (Å²) in [5.74, 6) is -0.502. The first-order valence-corrected chi connectivity index (χ1v) is 3.39.